The lowest BCUT2D eigenvalue weighted by molar-refractivity contribution is -0.136. The van der Waals surface area contributed by atoms with Gasteiger partial charge < -0.3 is 15.2 Å². The third kappa shape index (κ3) is 1.69. The highest BCUT2D eigenvalue weighted by molar-refractivity contribution is 5.76. The quantitative estimate of drug-likeness (QED) is 0.838. The third-order valence-electron chi connectivity index (χ3n) is 3.72. The molecule has 4 nitrogen and oxygen atoms in total. The predicted molar refractivity (Wildman–Crippen MR) is 68.7 cm³/mol. The molecular formula is C14H16N2O2. The van der Waals surface area contributed by atoms with Crippen molar-refractivity contribution in [2.45, 2.75) is 31.7 Å². The molecule has 0 bridgehead atoms. The van der Waals surface area contributed by atoms with Crippen molar-refractivity contribution in [1.82, 2.24) is 4.40 Å². The molecule has 0 fully saturated rings. The molecule has 0 spiro atoms. The van der Waals surface area contributed by atoms with Gasteiger partial charge in [-0.25, -0.2) is 0 Å². The monoisotopic (exact) mass is 244 g/mol. The zero-order chi connectivity index (χ0) is 12.7. The minimum atomic E-state index is -0.774. The maximum atomic E-state index is 11.0. The number of pyridine rings is 1. The molecule has 2 aromatic heterocycles. The first kappa shape index (κ1) is 11.3. The number of carboxylic acid groups (broad SMARTS) is 1. The number of carbonyl (C=O) groups is 1. The van der Waals surface area contributed by atoms with E-state index in [1.807, 2.05) is 24.4 Å². The zero-order valence-corrected chi connectivity index (χ0v) is 10.1. The van der Waals surface area contributed by atoms with Gasteiger partial charge in [0.15, 0.2) is 0 Å². The summed E-state index contributed by atoms with van der Waals surface area (Å²) >= 11 is 0. The van der Waals surface area contributed by atoms with Crippen LogP contribution in [-0.2, 0) is 24.1 Å². The molecule has 1 aliphatic carbocycles. The van der Waals surface area contributed by atoms with Gasteiger partial charge in [0.25, 0.3) is 0 Å². The van der Waals surface area contributed by atoms with Crippen molar-refractivity contribution in [3.8, 4) is 0 Å². The lowest BCUT2D eigenvalue weighted by Gasteiger charge is -2.19. The van der Waals surface area contributed by atoms with Gasteiger partial charge in [-0.3, -0.25) is 4.79 Å². The fourth-order valence-corrected chi connectivity index (χ4v) is 2.94. The number of rotatable bonds is 2. The van der Waals surface area contributed by atoms with E-state index >= 15 is 0 Å². The Morgan fingerprint density at radius 3 is 3.11 bits per heavy atom. The van der Waals surface area contributed by atoms with Crippen LogP contribution in [0.5, 0.6) is 0 Å². The van der Waals surface area contributed by atoms with Crippen molar-refractivity contribution >= 4 is 11.5 Å². The molecule has 3 N–H and O–H groups in total. The highest BCUT2D eigenvalue weighted by Gasteiger charge is 2.24. The number of aromatic nitrogens is 1. The minimum absolute atomic E-state index is 0.0953. The second-order valence-electron chi connectivity index (χ2n) is 4.93. The van der Waals surface area contributed by atoms with E-state index in [9.17, 15) is 4.79 Å². The van der Waals surface area contributed by atoms with Gasteiger partial charge in [0.1, 0.15) is 0 Å². The molecular weight excluding hydrogens is 228 g/mol. The number of carboxylic acids is 1. The molecule has 18 heavy (non-hydrogen) atoms. The Morgan fingerprint density at radius 1 is 1.50 bits per heavy atom. The van der Waals surface area contributed by atoms with Crippen LogP contribution >= 0.6 is 0 Å². The summed E-state index contributed by atoms with van der Waals surface area (Å²) in [5.41, 5.74) is 10.4. The average molecular weight is 244 g/mol. The Morgan fingerprint density at radius 2 is 2.33 bits per heavy atom. The van der Waals surface area contributed by atoms with Crippen LogP contribution in [-0.4, -0.2) is 21.5 Å². The Hall–Kier alpha value is -1.81. The summed E-state index contributed by atoms with van der Waals surface area (Å²) in [6, 6.07) is 6.10. The highest BCUT2D eigenvalue weighted by atomic mass is 16.4. The molecule has 1 atom stereocenters. The van der Waals surface area contributed by atoms with Gasteiger partial charge in [-0.05, 0) is 36.1 Å². The molecule has 3 rings (SSSR count). The van der Waals surface area contributed by atoms with Crippen LogP contribution in [0, 0.1) is 0 Å². The fourth-order valence-electron chi connectivity index (χ4n) is 2.94. The molecule has 0 amide bonds. The molecule has 2 aromatic rings. The van der Waals surface area contributed by atoms with Gasteiger partial charge in [0.2, 0.25) is 0 Å². The maximum Gasteiger partial charge on any atom is 0.307 e. The molecule has 0 saturated heterocycles. The standard InChI is InChI=1S/C14H16N2O2/c15-9-4-5-10-11(8-14(17)18)12-3-1-2-6-16(12)13(10)7-9/h1-3,6,9H,4-5,7-8,15H2,(H,17,18)/t9-/m1/s1. The first-order valence-corrected chi connectivity index (χ1v) is 6.24. The van der Waals surface area contributed by atoms with E-state index in [-0.39, 0.29) is 12.5 Å². The number of aliphatic carboxylic acids is 1. The zero-order valence-electron chi connectivity index (χ0n) is 10.1. The van der Waals surface area contributed by atoms with Gasteiger partial charge >= 0.3 is 5.97 Å². The molecule has 0 unspecified atom stereocenters. The van der Waals surface area contributed by atoms with E-state index in [0.29, 0.717) is 0 Å². The van der Waals surface area contributed by atoms with Crippen molar-refractivity contribution in [3.63, 3.8) is 0 Å². The Balaban J connectivity index is 2.24. The molecule has 4 heteroatoms. The lowest BCUT2D eigenvalue weighted by Crippen LogP contribution is -2.28. The highest BCUT2D eigenvalue weighted by Crippen LogP contribution is 2.30. The van der Waals surface area contributed by atoms with Crippen LogP contribution in [0.4, 0.5) is 0 Å². The first-order valence-electron chi connectivity index (χ1n) is 6.24. The SMILES string of the molecule is N[C@@H]1CCc2c(CC(=O)O)c3ccccn3c2C1. The van der Waals surface area contributed by atoms with Crippen LogP contribution in [0.2, 0.25) is 0 Å². The minimum Gasteiger partial charge on any atom is -0.481 e. The number of hydrogen-bond donors (Lipinski definition) is 2. The predicted octanol–water partition coefficient (Wildman–Crippen LogP) is 1.38. The van der Waals surface area contributed by atoms with Crippen LogP contribution in [0.25, 0.3) is 5.52 Å². The number of hydrogen-bond acceptors (Lipinski definition) is 2. The molecule has 2 heterocycles. The second-order valence-corrected chi connectivity index (χ2v) is 4.93. The van der Waals surface area contributed by atoms with Crippen LogP contribution in [0.3, 0.4) is 0 Å². The number of nitrogens with zero attached hydrogens (tertiary/aromatic N) is 1. The van der Waals surface area contributed by atoms with Crippen LogP contribution in [0.1, 0.15) is 23.2 Å². The summed E-state index contributed by atoms with van der Waals surface area (Å²) in [5.74, 6) is -0.774. The summed E-state index contributed by atoms with van der Waals surface area (Å²) in [6.07, 6.45) is 4.76. The second kappa shape index (κ2) is 4.14. The molecule has 94 valence electrons. The van der Waals surface area contributed by atoms with Gasteiger partial charge in [-0.1, -0.05) is 6.07 Å². The van der Waals surface area contributed by atoms with Crippen LogP contribution < -0.4 is 5.73 Å². The van der Waals surface area contributed by atoms with Gasteiger partial charge in [-0.2, -0.15) is 0 Å². The van der Waals surface area contributed by atoms with Crippen molar-refractivity contribution in [2.24, 2.45) is 5.73 Å². The van der Waals surface area contributed by atoms with E-state index < -0.39 is 5.97 Å². The first-order chi connectivity index (χ1) is 8.66. The normalized spacial score (nSPS) is 18.8. The Labute approximate surface area is 105 Å². The average Bonchev–Trinajstić information content (AvgIpc) is 2.64. The molecule has 1 aliphatic rings. The van der Waals surface area contributed by atoms with E-state index in [2.05, 4.69) is 4.40 Å². The summed E-state index contributed by atoms with van der Waals surface area (Å²) in [7, 11) is 0. The Kier molecular flexibility index (Phi) is 2.59. The van der Waals surface area contributed by atoms with Gasteiger partial charge in [0, 0.05) is 29.9 Å². The molecule has 0 saturated carbocycles. The van der Waals surface area contributed by atoms with Crippen LogP contribution in [0.15, 0.2) is 24.4 Å². The van der Waals surface area contributed by atoms with E-state index in [1.54, 1.807) is 0 Å². The molecule has 0 aliphatic heterocycles. The van der Waals surface area contributed by atoms with E-state index in [0.717, 1.165) is 30.3 Å². The maximum absolute atomic E-state index is 11.0. The van der Waals surface area contributed by atoms with Crippen molar-refractivity contribution in [1.29, 1.82) is 0 Å². The third-order valence-corrected chi connectivity index (χ3v) is 3.72. The smallest absolute Gasteiger partial charge is 0.307 e. The topological polar surface area (TPSA) is 67.7 Å². The number of nitrogens with two attached hydrogens (primary N) is 1. The van der Waals surface area contributed by atoms with Gasteiger partial charge in [0.05, 0.1) is 6.42 Å². The number of fused-ring (bicyclic) bond motifs is 3. The molecule has 0 aromatic carbocycles. The summed E-state index contributed by atoms with van der Waals surface area (Å²) < 4.78 is 2.10. The molecule has 0 radical (unpaired) electrons. The lowest BCUT2D eigenvalue weighted by atomic mass is 9.91. The van der Waals surface area contributed by atoms with Gasteiger partial charge in [-0.15, -0.1) is 0 Å². The Bertz CT molecular complexity index is 616. The fraction of sp³-hybridized carbons (Fsp3) is 0.357. The summed E-state index contributed by atoms with van der Waals surface area (Å²) in [5, 5.41) is 9.06. The van der Waals surface area contributed by atoms with E-state index in [1.165, 1.54) is 11.3 Å². The van der Waals surface area contributed by atoms with Crippen molar-refractivity contribution in [2.75, 3.05) is 0 Å². The summed E-state index contributed by atoms with van der Waals surface area (Å²) in [4.78, 5) is 11.0. The summed E-state index contributed by atoms with van der Waals surface area (Å²) in [6.45, 7) is 0. The van der Waals surface area contributed by atoms with Crippen molar-refractivity contribution < 1.29 is 9.90 Å². The van der Waals surface area contributed by atoms with E-state index in [4.69, 9.17) is 10.8 Å². The largest absolute Gasteiger partial charge is 0.481 e. The van der Waals surface area contributed by atoms with Crippen molar-refractivity contribution in [3.05, 3.63) is 41.2 Å².